The number of nitrogens with one attached hydrogen (secondary N) is 1. The third-order valence-electron chi connectivity index (χ3n) is 4.30. The molecule has 0 unspecified atom stereocenters. The van der Waals surface area contributed by atoms with Crippen molar-refractivity contribution in [3.8, 4) is 5.75 Å². The van der Waals surface area contributed by atoms with Crippen LogP contribution in [0.15, 0.2) is 54.6 Å². The molecule has 6 heteroatoms. The summed E-state index contributed by atoms with van der Waals surface area (Å²) in [6, 6.07) is 15.0. The van der Waals surface area contributed by atoms with Gasteiger partial charge in [0.25, 0.3) is 5.91 Å². The fourth-order valence-corrected chi connectivity index (χ4v) is 2.85. The number of ether oxygens (including phenoxy) is 1. The molecule has 0 aliphatic heterocycles. The molecule has 0 saturated carbocycles. The molecule has 0 bridgehead atoms. The van der Waals surface area contributed by atoms with Gasteiger partial charge < -0.3 is 15.0 Å². The van der Waals surface area contributed by atoms with Crippen LogP contribution in [-0.2, 0) is 16.0 Å². The summed E-state index contributed by atoms with van der Waals surface area (Å²) >= 11 is 0. The highest BCUT2D eigenvalue weighted by Crippen LogP contribution is 2.16. The van der Waals surface area contributed by atoms with E-state index in [2.05, 4.69) is 5.32 Å². The third-order valence-corrected chi connectivity index (χ3v) is 4.30. The molecular weight excluding hydrogens is 347 g/mol. The average Bonchev–Trinajstić information content (AvgIpc) is 2.70. The van der Waals surface area contributed by atoms with E-state index < -0.39 is 11.9 Å². The maximum absolute atomic E-state index is 13.7. The second-order valence-electron chi connectivity index (χ2n) is 6.08. The lowest BCUT2D eigenvalue weighted by Crippen LogP contribution is -2.50. The number of amides is 2. The van der Waals surface area contributed by atoms with Gasteiger partial charge in [-0.2, -0.15) is 0 Å². The molecule has 2 aromatic carbocycles. The Hall–Kier alpha value is -2.89. The van der Waals surface area contributed by atoms with E-state index in [9.17, 15) is 14.0 Å². The molecule has 0 spiro atoms. The Labute approximate surface area is 159 Å². The number of hydrogen-bond donors (Lipinski definition) is 1. The minimum Gasteiger partial charge on any atom is -0.481 e. The van der Waals surface area contributed by atoms with Crippen LogP contribution in [0.2, 0.25) is 0 Å². The molecule has 144 valence electrons. The summed E-state index contributed by atoms with van der Waals surface area (Å²) in [5.41, 5.74) is 1.07. The Morgan fingerprint density at radius 3 is 2.41 bits per heavy atom. The zero-order chi connectivity index (χ0) is 19.6. The number of likely N-dealkylation sites (N-methyl/N-ethyl adjacent to an activating group) is 1. The van der Waals surface area contributed by atoms with Crippen molar-refractivity contribution in [2.75, 3.05) is 20.2 Å². The van der Waals surface area contributed by atoms with Gasteiger partial charge in [0.2, 0.25) is 5.91 Å². The minimum absolute atomic E-state index is 0.0156. The van der Waals surface area contributed by atoms with Crippen molar-refractivity contribution in [3.63, 3.8) is 0 Å². The number of nitrogens with zero attached hydrogens (tertiary/aromatic N) is 1. The first-order valence-corrected chi connectivity index (χ1v) is 8.99. The van der Waals surface area contributed by atoms with Crippen molar-refractivity contribution < 1.29 is 18.7 Å². The first-order valence-electron chi connectivity index (χ1n) is 8.99. The van der Waals surface area contributed by atoms with Crippen LogP contribution in [-0.4, -0.2) is 43.0 Å². The molecule has 0 radical (unpaired) electrons. The number of hydrogen-bond acceptors (Lipinski definition) is 3. The average molecular weight is 372 g/mol. The quantitative estimate of drug-likeness (QED) is 0.736. The van der Waals surface area contributed by atoms with Gasteiger partial charge in [0.15, 0.2) is 18.2 Å². The van der Waals surface area contributed by atoms with Gasteiger partial charge in [-0.15, -0.1) is 0 Å². The summed E-state index contributed by atoms with van der Waals surface area (Å²) in [4.78, 5) is 26.5. The van der Waals surface area contributed by atoms with Crippen molar-refractivity contribution in [2.45, 2.75) is 25.8 Å². The molecule has 0 fully saturated rings. The first kappa shape index (κ1) is 20.4. The van der Waals surface area contributed by atoms with Crippen LogP contribution in [0.25, 0.3) is 0 Å². The van der Waals surface area contributed by atoms with Gasteiger partial charge in [0.1, 0.15) is 6.04 Å². The Kier molecular flexibility index (Phi) is 7.79. The van der Waals surface area contributed by atoms with E-state index in [1.807, 2.05) is 37.3 Å². The van der Waals surface area contributed by atoms with E-state index in [1.54, 1.807) is 19.2 Å². The van der Waals surface area contributed by atoms with Crippen molar-refractivity contribution in [1.82, 2.24) is 10.2 Å². The fourth-order valence-electron chi connectivity index (χ4n) is 2.85. The highest BCUT2D eigenvalue weighted by molar-refractivity contribution is 5.88. The van der Waals surface area contributed by atoms with Crippen molar-refractivity contribution in [3.05, 3.63) is 66.0 Å². The summed E-state index contributed by atoms with van der Waals surface area (Å²) in [5.74, 6) is -1.10. The SMILES string of the molecule is CC[C@H](C(=O)NC)N(CCc1ccccc1)C(=O)COc1ccccc1F. The zero-order valence-electron chi connectivity index (χ0n) is 15.7. The van der Waals surface area contributed by atoms with E-state index in [4.69, 9.17) is 4.74 Å². The van der Waals surface area contributed by atoms with E-state index in [0.29, 0.717) is 19.4 Å². The zero-order valence-corrected chi connectivity index (χ0v) is 15.7. The number of halogens is 1. The van der Waals surface area contributed by atoms with Crippen molar-refractivity contribution in [1.29, 1.82) is 0 Å². The van der Waals surface area contributed by atoms with E-state index in [0.717, 1.165) is 5.56 Å². The van der Waals surface area contributed by atoms with Gasteiger partial charge >= 0.3 is 0 Å². The van der Waals surface area contributed by atoms with Crippen molar-refractivity contribution in [2.24, 2.45) is 0 Å². The molecule has 2 rings (SSSR count). The number of benzene rings is 2. The topological polar surface area (TPSA) is 58.6 Å². The van der Waals surface area contributed by atoms with Crippen molar-refractivity contribution >= 4 is 11.8 Å². The minimum atomic E-state index is -0.601. The molecule has 2 aromatic rings. The van der Waals surface area contributed by atoms with Crippen LogP contribution in [0.3, 0.4) is 0 Å². The summed E-state index contributed by atoms with van der Waals surface area (Å²) < 4.78 is 19.0. The van der Waals surface area contributed by atoms with Gasteiger partial charge in [-0.05, 0) is 30.5 Å². The third kappa shape index (κ3) is 5.81. The van der Waals surface area contributed by atoms with Gasteiger partial charge in [-0.25, -0.2) is 4.39 Å². The lowest BCUT2D eigenvalue weighted by Gasteiger charge is -2.30. The van der Waals surface area contributed by atoms with E-state index >= 15 is 0 Å². The number of para-hydroxylation sites is 1. The number of carbonyl (C=O) groups excluding carboxylic acids is 2. The Morgan fingerprint density at radius 1 is 1.11 bits per heavy atom. The maximum atomic E-state index is 13.7. The van der Waals surface area contributed by atoms with E-state index in [1.165, 1.54) is 17.0 Å². The summed E-state index contributed by atoms with van der Waals surface area (Å²) in [6.45, 7) is 1.89. The fraction of sp³-hybridized carbons (Fsp3) is 0.333. The smallest absolute Gasteiger partial charge is 0.261 e. The first-order chi connectivity index (χ1) is 13.1. The molecule has 0 aromatic heterocycles. The Morgan fingerprint density at radius 2 is 1.78 bits per heavy atom. The van der Waals surface area contributed by atoms with Crippen LogP contribution in [0, 0.1) is 5.82 Å². The Bertz CT molecular complexity index is 752. The van der Waals surface area contributed by atoms with Gasteiger partial charge in [0.05, 0.1) is 0 Å². The summed E-state index contributed by atoms with van der Waals surface area (Å²) in [5, 5.41) is 2.60. The maximum Gasteiger partial charge on any atom is 0.261 e. The summed E-state index contributed by atoms with van der Waals surface area (Å²) in [7, 11) is 1.54. The normalized spacial score (nSPS) is 11.5. The predicted molar refractivity (Wildman–Crippen MR) is 102 cm³/mol. The molecule has 0 saturated heterocycles. The van der Waals surface area contributed by atoms with Crippen LogP contribution in [0.4, 0.5) is 4.39 Å². The predicted octanol–water partition coefficient (Wildman–Crippen LogP) is 2.80. The lowest BCUT2D eigenvalue weighted by atomic mass is 10.1. The molecule has 1 N–H and O–H groups in total. The molecule has 27 heavy (non-hydrogen) atoms. The Balaban J connectivity index is 2.10. The highest BCUT2D eigenvalue weighted by atomic mass is 19.1. The van der Waals surface area contributed by atoms with Gasteiger partial charge in [-0.1, -0.05) is 49.4 Å². The molecule has 1 atom stereocenters. The molecule has 5 nitrogen and oxygen atoms in total. The highest BCUT2D eigenvalue weighted by Gasteiger charge is 2.28. The monoisotopic (exact) mass is 372 g/mol. The molecule has 0 aliphatic rings. The number of carbonyl (C=O) groups is 2. The van der Waals surface area contributed by atoms with Crippen LogP contribution >= 0.6 is 0 Å². The van der Waals surface area contributed by atoms with Crippen LogP contribution in [0.5, 0.6) is 5.75 Å². The molecule has 2 amide bonds. The largest absolute Gasteiger partial charge is 0.481 e. The second-order valence-corrected chi connectivity index (χ2v) is 6.08. The summed E-state index contributed by atoms with van der Waals surface area (Å²) in [6.07, 6.45) is 1.08. The van der Waals surface area contributed by atoms with Crippen LogP contribution < -0.4 is 10.1 Å². The van der Waals surface area contributed by atoms with Gasteiger partial charge in [0, 0.05) is 13.6 Å². The lowest BCUT2D eigenvalue weighted by molar-refractivity contribution is -0.142. The van der Waals surface area contributed by atoms with Crippen LogP contribution in [0.1, 0.15) is 18.9 Å². The second kappa shape index (κ2) is 10.3. The van der Waals surface area contributed by atoms with Gasteiger partial charge in [-0.3, -0.25) is 9.59 Å². The molecular formula is C21H25FN2O3. The molecule has 0 heterocycles. The van der Waals surface area contributed by atoms with E-state index in [-0.39, 0.29) is 24.2 Å². The number of rotatable bonds is 9. The molecule has 0 aliphatic carbocycles. The standard InChI is InChI=1S/C21H25FN2O3/c1-3-18(21(26)23-2)24(14-13-16-9-5-4-6-10-16)20(25)15-27-19-12-8-7-11-17(19)22/h4-12,18H,3,13-15H2,1-2H3,(H,23,26)/t18-/m1/s1.